The van der Waals surface area contributed by atoms with Gasteiger partial charge in [0.1, 0.15) is 11.2 Å². The summed E-state index contributed by atoms with van der Waals surface area (Å²) in [5.41, 5.74) is 2.03. The van der Waals surface area contributed by atoms with Gasteiger partial charge in [-0.1, -0.05) is 36.4 Å². The smallest absolute Gasteiger partial charge is 0.141 e. The van der Waals surface area contributed by atoms with Gasteiger partial charge in [-0.25, -0.2) is 0 Å². The van der Waals surface area contributed by atoms with Gasteiger partial charge in [-0.3, -0.25) is 0 Å². The van der Waals surface area contributed by atoms with Gasteiger partial charge >= 0.3 is 0 Å². The number of aliphatic hydroxyl groups is 1. The van der Waals surface area contributed by atoms with Crippen LogP contribution in [-0.4, -0.2) is 15.6 Å². The average Bonchev–Trinajstić information content (AvgIpc) is 3.07. The highest BCUT2D eigenvalue weighted by molar-refractivity contribution is 8.00. The third kappa shape index (κ3) is 1.79. The normalized spacial score (nSPS) is 31.1. The van der Waals surface area contributed by atoms with Crippen molar-refractivity contribution in [3.63, 3.8) is 0 Å². The van der Waals surface area contributed by atoms with E-state index in [1.165, 1.54) is 12.8 Å². The number of benzene rings is 2. The van der Waals surface area contributed by atoms with Gasteiger partial charge in [0.15, 0.2) is 0 Å². The van der Waals surface area contributed by atoms with Crippen LogP contribution in [0.15, 0.2) is 46.9 Å². The molecule has 0 amide bonds. The lowest BCUT2D eigenvalue weighted by molar-refractivity contribution is 0.0203. The second-order valence-corrected chi connectivity index (χ2v) is 8.28. The highest BCUT2D eigenvalue weighted by Gasteiger charge is 2.45. The van der Waals surface area contributed by atoms with E-state index in [0.29, 0.717) is 10.5 Å². The summed E-state index contributed by atoms with van der Waals surface area (Å²) in [6.07, 6.45) is 4.19. The molecule has 0 aliphatic carbocycles. The molecular formula is C19H18O2S. The third-order valence-corrected chi connectivity index (χ3v) is 6.81. The van der Waals surface area contributed by atoms with Gasteiger partial charge < -0.3 is 9.52 Å². The lowest BCUT2D eigenvalue weighted by Crippen LogP contribution is -2.34. The maximum absolute atomic E-state index is 11.4. The number of thioether (sulfide) groups is 1. The van der Waals surface area contributed by atoms with E-state index in [1.54, 1.807) is 0 Å². The lowest BCUT2D eigenvalue weighted by atomic mass is 9.85. The summed E-state index contributed by atoms with van der Waals surface area (Å²) in [5.74, 6) is 0. The Morgan fingerprint density at radius 1 is 0.955 bits per heavy atom. The minimum absolute atomic E-state index is 0.600. The quantitative estimate of drug-likeness (QED) is 0.699. The molecule has 1 N–H and O–H groups in total. The Bertz CT molecular complexity index is 854. The van der Waals surface area contributed by atoms with Gasteiger partial charge in [0.25, 0.3) is 0 Å². The van der Waals surface area contributed by atoms with Crippen LogP contribution in [0.1, 0.15) is 31.2 Å². The molecule has 0 spiro atoms. The second kappa shape index (κ2) is 4.53. The van der Waals surface area contributed by atoms with Crippen molar-refractivity contribution < 1.29 is 9.52 Å². The first-order valence-corrected chi connectivity index (χ1v) is 8.96. The molecule has 3 aromatic rings. The molecule has 22 heavy (non-hydrogen) atoms. The van der Waals surface area contributed by atoms with E-state index in [-0.39, 0.29) is 0 Å². The largest absolute Gasteiger partial charge is 0.456 e. The van der Waals surface area contributed by atoms with Crippen LogP contribution in [0.5, 0.6) is 0 Å². The molecule has 3 heterocycles. The van der Waals surface area contributed by atoms with Crippen LogP contribution >= 0.6 is 11.8 Å². The van der Waals surface area contributed by atoms with E-state index in [2.05, 4.69) is 36.0 Å². The molecule has 3 heteroatoms. The average molecular weight is 310 g/mol. The summed E-state index contributed by atoms with van der Waals surface area (Å²) < 4.78 is 6.13. The molecule has 0 radical (unpaired) electrons. The fourth-order valence-electron chi connectivity index (χ4n) is 4.25. The standard InChI is InChI=1S/C19H18O2S/c20-19(10-12-8-9-13(11-19)22-12)16-6-3-5-15-14-4-1-2-7-17(14)21-18(15)16/h1-7,12-13,20H,8-11H2. The molecule has 1 aromatic heterocycles. The fraction of sp³-hybridized carbons (Fsp3) is 0.368. The van der Waals surface area contributed by atoms with E-state index < -0.39 is 5.60 Å². The summed E-state index contributed by atoms with van der Waals surface area (Å²) in [4.78, 5) is 0. The van der Waals surface area contributed by atoms with E-state index in [4.69, 9.17) is 4.42 Å². The molecule has 5 rings (SSSR count). The third-order valence-electron chi connectivity index (χ3n) is 5.23. The van der Waals surface area contributed by atoms with Crippen molar-refractivity contribution >= 4 is 33.7 Å². The van der Waals surface area contributed by atoms with Crippen molar-refractivity contribution in [2.75, 3.05) is 0 Å². The number of para-hydroxylation sites is 2. The highest BCUT2D eigenvalue weighted by Crippen LogP contribution is 2.52. The van der Waals surface area contributed by atoms with Crippen molar-refractivity contribution in [2.24, 2.45) is 0 Å². The Morgan fingerprint density at radius 3 is 2.50 bits per heavy atom. The van der Waals surface area contributed by atoms with Crippen molar-refractivity contribution in [1.82, 2.24) is 0 Å². The maximum atomic E-state index is 11.4. The van der Waals surface area contributed by atoms with Crippen molar-refractivity contribution in [2.45, 2.75) is 41.8 Å². The Morgan fingerprint density at radius 2 is 1.68 bits per heavy atom. The van der Waals surface area contributed by atoms with Gasteiger partial charge in [-0.2, -0.15) is 11.8 Å². The second-order valence-electron chi connectivity index (χ2n) is 6.68. The molecule has 2 aliphatic heterocycles. The van der Waals surface area contributed by atoms with Gasteiger partial charge in [0.2, 0.25) is 0 Å². The fourth-order valence-corrected chi connectivity index (χ4v) is 6.08. The van der Waals surface area contributed by atoms with Gasteiger partial charge in [-0.05, 0) is 31.7 Å². The zero-order valence-electron chi connectivity index (χ0n) is 12.3. The lowest BCUT2D eigenvalue weighted by Gasteiger charge is -2.36. The van der Waals surface area contributed by atoms with E-state index in [0.717, 1.165) is 40.3 Å². The predicted octanol–water partition coefficient (Wildman–Crippen LogP) is 4.83. The van der Waals surface area contributed by atoms with E-state index in [9.17, 15) is 5.11 Å². The topological polar surface area (TPSA) is 33.4 Å². The molecular weight excluding hydrogens is 292 g/mol. The van der Waals surface area contributed by atoms with Crippen LogP contribution < -0.4 is 0 Å². The molecule has 0 saturated carbocycles. The van der Waals surface area contributed by atoms with Crippen LogP contribution in [-0.2, 0) is 5.60 Å². The molecule has 2 unspecified atom stereocenters. The number of fused-ring (bicyclic) bond motifs is 5. The molecule has 2 aliphatic rings. The van der Waals surface area contributed by atoms with Crippen molar-refractivity contribution in [1.29, 1.82) is 0 Å². The Balaban J connectivity index is 1.74. The minimum atomic E-state index is -0.732. The number of hydrogen-bond donors (Lipinski definition) is 1. The summed E-state index contributed by atoms with van der Waals surface area (Å²) in [7, 11) is 0. The van der Waals surface area contributed by atoms with Crippen molar-refractivity contribution in [3.8, 4) is 0 Å². The van der Waals surface area contributed by atoms with Gasteiger partial charge in [0.05, 0.1) is 5.60 Å². The maximum Gasteiger partial charge on any atom is 0.141 e. The summed E-state index contributed by atoms with van der Waals surface area (Å²) >= 11 is 2.07. The molecule has 2 bridgehead atoms. The Hall–Kier alpha value is -1.45. The first kappa shape index (κ1) is 13.0. The van der Waals surface area contributed by atoms with E-state index >= 15 is 0 Å². The van der Waals surface area contributed by atoms with Gasteiger partial charge in [0, 0.05) is 26.8 Å². The zero-order valence-corrected chi connectivity index (χ0v) is 13.1. The summed E-state index contributed by atoms with van der Waals surface area (Å²) in [6, 6.07) is 14.3. The highest BCUT2D eigenvalue weighted by atomic mass is 32.2. The van der Waals surface area contributed by atoms with Crippen LogP contribution in [0.2, 0.25) is 0 Å². The van der Waals surface area contributed by atoms with Crippen molar-refractivity contribution in [3.05, 3.63) is 48.0 Å². The SMILES string of the molecule is OC1(c2cccc3c2oc2ccccc23)CC2CCC(C1)S2. The van der Waals surface area contributed by atoms with Crippen LogP contribution in [0.4, 0.5) is 0 Å². The molecule has 2 fully saturated rings. The number of rotatable bonds is 1. The first-order valence-electron chi connectivity index (χ1n) is 8.01. The van der Waals surface area contributed by atoms with E-state index in [1.807, 2.05) is 18.2 Å². The molecule has 2 atom stereocenters. The summed E-state index contributed by atoms with van der Waals surface area (Å²) in [5, 5.41) is 14.8. The van der Waals surface area contributed by atoms with Crippen LogP contribution in [0.25, 0.3) is 21.9 Å². The van der Waals surface area contributed by atoms with Crippen LogP contribution in [0, 0.1) is 0 Å². The monoisotopic (exact) mass is 310 g/mol. The number of hydrogen-bond acceptors (Lipinski definition) is 3. The Kier molecular flexibility index (Phi) is 2.68. The molecule has 2 aromatic carbocycles. The Labute approximate surface area is 133 Å². The first-order chi connectivity index (χ1) is 10.7. The molecule has 2 nitrogen and oxygen atoms in total. The predicted molar refractivity (Wildman–Crippen MR) is 91.3 cm³/mol. The van der Waals surface area contributed by atoms with Crippen LogP contribution in [0.3, 0.4) is 0 Å². The summed E-state index contributed by atoms with van der Waals surface area (Å²) in [6.45, 7) is 0. The zero-order chi connectivity index (χ0) is 14.7. The van der Waals surface area contributed by atoms with Gasteiger partial charge in [-0.15, -0.1) is 0 Å². The molecule has 112 valence electrons. The number of furan rings is 1. The molecule has 2 saturated heterocycles. The minimum Gasteiger partial charge on any atom is -0.456 e.